The molecule has 2 aromatic carbocycles. The second-order valence-electron chi connectivity index (χ2n) is 4.46. The van der Waals surface area contributed by atoms with E-state index in [2.05, 4.69) is 22.6 Å². The summed E-state index contributed by atoms with van der Waals surface area (Å²) < 4.78 is 16.2. The molecule has 0 aliphatic heterocycles. The highest BCUT2D eigenvalue weighted by molar-refractivity contribution is 14.1. The molecule has 0 unspecified atom stereocenters. The second-order valence-corrected chi connectivity index (χ2v) is 5.62. The number of rotatable bonds is 5. The number of ether oxygens (including phenoxy) is 3. The number of carbonyl (C=O) groups is 1. The van der Waals surface area contributed by atoms with Gasteiger partial charge in [-0.15, -0.1) is 0 Å². The fraction of sp³-hybridized carbons (Fsp3) is 0.118. The molecule has 120 valence electrons. The molecule has 0 saturated heterocycles. The first-order chi connectivity index (χ1) is 11.0. The zero-order chi connectivity index (χ0) is 16.8. The van der Waals surface area contributed by atoms with Crippen LogP contribution in [0.2, 0.25) is 0 Å². The summed E-state index contributed by atoms with van der Waals surface area (Å²) in [5.41, 5.74) is 0.635. The average molecular weight is 426 g/mol. The molecule has 0 amide bonds. The maximum atomic E-state index is 11.9. The van der Waals surface area contributed by atoms with Gasteiger partial charge in [-0.05, 0) is 58.5 Å². The van der Waals surface area contributed by atoms with Crippen LogP contribution in [0.3, 0.4) is 0 Å². The van der Waals surface area contributed by atoms with Crippen molar-refractivity contribution in [2.45, 2.75) is 0 Å². The zero-order valence-electron chi connectivity index (χ0n) is 12.6. The third kappa shape index (κ3) is 4.38. The van der Waals surface area contributed by atoms with Crippen molar-refractivity contribution in [1.29, 1.82) is 0 Å². The largest absolute Gasteiger partial charge is 0.502 e. The Kier molecular flexibility index (Phi) is 5.86. The van der Waals surface area contributed by atoms with Crippen molar-refractivity contribution in [3.8, 4) is 23.0 Å². The van der Waals surface area contributed by atoms with E-state index in [0.717, 1.165) is 3.57 Å². The molecule has 0 atom stereocenters. The van der Waals surface area contributed by atoms with E-state index in [1.807, 2.05) is 12.1 Å². The normalized spacial score (nSPS) is 10.6. The van der Waals surface area contributed by atoms with Crippen molar-refractivity contribution >= 4 is 34.6 Å². The van der Waals surface area contributed by atoms with Crippen molar-refractivity contribution < 1.29 is 24.1 Å². The monoisotopic (exact) mass is 426 g/mol. The quantitative estimate of drug-likeness (QED) is 0.343. The topological polar surface area (TPSA) is 65.0 Å². The summed E-state index contributed by atoms with van der Waals surface area (Å²) in [5, 5.41) is 9.85. The Morgan fingerprint density at radius 3 is 2.26 bits per heavy atom. The number of phenolic OH excluding ortho intramolecular Hbond substituents is 1. The van der Waals surface area contributed by atoms with Crippen LogP contribution < -0.4 is 14.2 Å². The Labute approximate surface area is 147 Å². The summed E-state index contributed by atoms with van der Waals surface area (Å²) in [6.45, 7) is 0. The van der Waals surface area contributed by atoms with Gasteiger partial charge in [0.15, 0.2) is 11.5 Å². The van der Waals surface area contributed by atoms with Gasteiger partial charge in [0.05, 0.1) is 17.8 Å². The van der Waals surface area contributed by atoms with E-state index in [1.54, 1.807) is 30.3 Å². The number of aromatic hydroxyl groups is 1. The second kappa shape index (κ2) is 7.87. The van der Waals surface area contributed by atoms with Gasteiger partial charge in [0.1, 0.15) is 5.75 Å². The minimum Gasteiger partial charge on any atom is -0.502 e. The molecule has 0 bridgehead atoms. The number of hydrogen-bond acceptors (Lipinski definition) is 5. The van der Waals surface area contributed by atoms with Crippen LogP contribution in [0.5, 0.6) is 23.0 Å². The van der Waals surface area contributed by atoms with Crippen molar-refractivity contribution in [2.75, 3.05) is 14.2 Å². The lowest BCUT2D eigenvalue weighted by molar-refractivity contribution is -0.128. The van der Waals surface area contributed by atoms with E-state index in [9.17, 15) is 9.90 Å². The maximum Gasteiger partial charge on any atom is 0.336 e. The molecule has 5 nitrogen and oxygen atoms in total. The highest BCUT2D eigenvalue weighted by Gasteiger charge is 2.10. The van der Waals surface area contributed by atoms with Crippen LogP contribution in [-0.4, -0.2) is 25.3 Å². The number of carbonyl (C=O) groups excluding carboxylic acids is 1. The van der Waals surface area contributed by atoms with Gasteiger partial charge in [-0.2, -0.15) is 0 Å². The third-order valence-corrected chi connectivity index (χ3v) is 3.85. The van der Waals surface area contributed by atoms with Crippen LogP contribution in [0.1, 0.15) is 5.56 Å². The van der Waals surface area contributed by atoms with Gasteiger partial charge in [0.25, 0.3) is 0 Å². The van der Waals surface area contributed by atoms with Gasteiger partial charge < -0.3 is 19.3 Å². The summed E-state index contributed by atoms with van der Waals surface area (Å²) in [6.07, 6.45) is 2.86. The molecule has 0 radical (unpaired) electrons. The molecule has 0 heterocycles. The summed E-state index contributed by atoms with van der Waals surface area (Å²) in [7, 11) is 2.88. The Morgan fingerprint density at radius 2 is 1.70 bits per heavy atom. The standard InChI is InChI=1S/C17H15IO5/c1-21-14-9-11(10-15(22-2)17(14)20)7-8-16(19)23-13-6-4-3-5-12(13)18/h3-10,20H,1-2H3. The molecule has 0 spiro atoms. The smallest absolute Gasteiger partial charge is 0.336 e. The predicted octanol–water partition coefficient (Wildman–Crippen LogP) is 3.63. The zero-order valence-corrected chi connectivity index (χ0v) is 14.7. The molecule has 0 saturated carbocycles. The van der Waals surface area contributed by atoms with Gasteiger partial charge in [-0.25, -0.2) is 4.79 Å². The minimum absolute atomic E-state index is 0.0893. The first kappa shape index (κ1) is 17.1. The molecular weight excluding hydrogens is 411 g/mol. The van der Waals surface area contributed by atoms with Gasteiger partial charge in [0.2, 0.25) is 5.75 Å². The lowest BCUT2D eigenvalue weighted by atomic mass is 10.1. The van der Waals surface area contributed by atoms with E-state index in [-0.39, 0.29) is 17.2 Å². The number of para-hydroxylation sites is 1. The summed E-state index contributed by atoms with van der Waals surface area (Å²) >= 11 is 2.09. The van der Waals surface area contributed by atoms with E-state index < -0.39 is 5.97 Å². The predicted molar refractivity (Wildman–Crippen MR) is 95.0 cm³/mol. The fourth-order valence-corrected chi connectivity index (χ4v) is 2.34. The Hall–Kier alpha value is -2.22. The number of hydrogen-bond donors (Lipinski definition) is 1. The molecule has 2 rings (SSSR count). The van der Waals surface area contributed by atoms with Crippen LogP contribution in [0.4, 0.5) is 0 Å². The Balaban J connectivity index is 2.16. The van der Waals surface area contributed by atoms with E-state index in [1.165, 1.54) is 20.3 Å². The lowest BCUT2D eigenvalue weighted by Gasteiger charge is -2.09. The fourth-order valence-electron chi connectivity index (χ4n) is 1.84. The van der Waals surface area contributed by atoms with Crippen molar-refractivity contribution in [3.63, 3.8) is 0 Å². The Bertz CT molecular complexity index is 715. The third-order valence-electron chi connectivity index (χ3n) is 2.96. The average Bonchev–Trinajstić information content (AvgIpc) is 2.56. The molecule has 0 aliphatic rings. The van der Waals surface area contributed by atoms with Crippen LogP contribution in [-0.2, 0) is 4.79 Å². The maximum absolute atomic E-state index is 11.9. The van der Waals surface area contributed by atoms with E-state index in [0.29, 0.717) is 11.3 Å². The van der Waals surface area contributed by atoms with Crippen molar-refractivity contribution in [2.24, 2.45) is 0 Å². The molecule has 1 N–H and O–H groups in total. The number of phenols is 1. The highest BCUT2D eigenvalue weighted by atomic mass is 127. The molecule has 2 aromatic rings. The molecule has 0 fully saturated rings. The Morgan fingerprint density at radius 1 is 1.09 bits per heavy atom. The van der Waals surface area contributed by atoms with Gasteiger partial charge in [-0.3, -0.25) is 0 Å². The first-order valence-corrected chi connectivity index (χ1v) is 7.72. The van der Waals surface area contributed by atoms with Gasteiger partial charge in [0, 0.05) is 6.08 Å². The number of esters is 1. The van der Waals surface area contributed by atoms with Gasteiger partial charge >= 0.3 is 5.97 Å². The summed E-state index contributed by atoms with van der Waals surface area (Å²) in [4.78, 5) is 11.9. The van der Waals surface area contributed by atoms with E-state index >= 15 is 0 Å². The summed E-state index contributed by atoms with van der Waals surface area (Å²) in [6, 6.07) is 10.4. The molecule has 6 heteroatoms. The van der Waals surface area contributed by atoms with Crippen LogP contribution in [0, 0.1) is 3.57 Å². The van der Waals surface area contributed by atoms with Gasteiger partial charge in [-0.1, -0.05) is 12.1 Å². The number of halogens is 1. The molecule has 0 aromatic heterocycles. The molecule has 0 aliphatic carbocycles. The highest BCUT2D eigenvalue weighted by Crippen LogP contribution is 2.37. The van der Waals surface area contributed by atoms with Crippen LogP contribution in [0.15, 0.2) is 42.5 Å². The first-order valence-electron chi connectivity index (χ1n) is 6.64. The number of methoxy groups -OCH3 is 2. The summed E-state index contributed by atoms with van der Waals surface area (Å²) in [5.74, 6) is 0.433. The molecular formula is C17H15IO5. The van der Waals surface area contributed by atoms with Crippen LogP contribution in [0.25, 0.3) is 6.08 Å². The molecule has 23 heavy (non-hydrogen) atoms. The van der Waals surface area contributed by atoms with Crippen molar-refractivity contribution in [3.05, 3.63) is 51.6 Å². The minimum atomic E-state index is -0.500. The SMILES string of the molecule is COc1cc(C=CC(=O)Oc2ccccc2I)cc(OC)c1O. The lowest BCUT2D eigenvalue weighted by Crippen LogP contribution is -2.04. The van der Waals surface area contributed by atoms with E-state index in [4.69, 9.17) is 14.2 Å². The van der Waals surface area contributed by atoms with Crippen molar-refractivity contribution in [1.82, 2.24) is 0 Å². The number of benzene rings is 2. The van der Waals surface area contributed by atoms with Crippen LogP contribution >= 0.6 is 22.6 Å².